The fourth-order valence-corrected chi connectivity index (χ4v) is 4.84. The van der Waals surface area contributed by atoms with Crippen molar-refractivity contribution in [2.24, 2.45) is 23.3 Å². The van der Waals surface area contributed by atoms with E-state index in [0.29, 0.717) is 29.8 Å². The van der Waals surface area contributed by atoms with Crippen molar-refractivity contribution in [1.29, 1.82) is 0 Å². The lowest BCUT2D eigenvalue weighted by atomic mass is 9.73. The van der Waals surface area contributed by atoms with Crippen LogP contribution < -0.4 is 16.8 Å². The number of alkyl halides is 3. The molecule has 0 amide bonds. The van der Waals surface area contributed by atoms with E-state index in [4.69, 9.17) is 11.5 Å². The summed E-state index contributed by atoms with van der Waals surface area (Å²) in [4.78, 5) is 11.4. The van der Waals surface area contributed by atoms with Gasteiger partial charge >= 0.3 is 6.18 Å². The highest BCUT2D eigenvalue weighted by molar-refractivity contribution is 5.96. The monoisotopic (exact) mass is 625 g/mol. The van der Waals surface area contributed by atoms with Gasteiger partial charge in [0.1, 0.15) is 5.82 Å². The molecule has 2 aromatic carbocycles. The van der Waals surface area contributed by atoms with Crippen LogP contribution in [-0.2, 0) is 16.9 Å². The van der Waals surface area contributed by atoms with Crippen LogP contribution in [0.4, 0.5) is 23.2 Å². The predicted molar refractivity (Wildman–Crippen MR) is 178 cm³/mol. The Labute approximate surface area is 265 Å². The number of carbonyl (C=O) groups excluding carboxylic acids is 1. The van der Waals surface area contributed by atoms with Gasteiger partial charge in [0.05, 0.1) is 16.8 Å². The molecule has 1 fully saturated rings. The molecule has 45 heavy (non-hydrogen) atoms. The van der Waals surface area contributed by atoms with E-state index in [2.05, 4.69) is 38.4 Å². The lowest BCUT2D eigenvalue weighted by Gasteiger charge is -2.36. The van der Waals surface area contributed by atoms with E-state index in [1.54, 1.807) is 36.4 Å². The number of carbonyl (C=O) groups is 1. The third kappa shape index (κ3) is 11.6. The van der Waals surface area contributed by atoms with E-state index < -0.39 is 23.1 Å². The second kappa shape index (κ2) is 17.1. The standard InChI is InChI=1S/C23H32FN.C14H15F3N2O/c1-5-7-8-9-21(17(3)6-2)23(25,15-14-19-10-11-19)20-12-13-22(24)18(4)16-20;1-9(14(15,16)17)6-13(10(2)20)19-12-5-3-4-11(7-12)8-18/h5,7-9,12-13,16-17,19H,1,6,10-11,14-15,25H2,2-4H3;3-7,19H,1,8,18H2,2H3/b8-7-,21-9+;13-6-. The van der Waals surface area contributed by atoms with Crippen molar-refractivity contribution in [3.8, 4) is 0 Å². The molecule has 8 heteroatoms. The summed E-state index contributed by atoms with van der Waals surface area (Å²) >= 11 is 0. The number of rotatable bonds is 14. The van der Waals surface area contributed by atoms with Crippen molar-refractivity contribution in [2.75, 3.05) is 5.32 Å². The summed E-state index contributed by atoms with van der Waals surface area (Å²) in [5.41, 5.74) is 14.9. The van der Waals surface area contributed by atoms with Gasteiger partial charge in [0.25, 0.3) is 0 Å². The van der Waals surface area contributed by atoms with E-state index >= 15 is 0 Å². The third-order valence-corrected chi connectivity index (χ3v) is 8.00. The quantitative estimate of drug-likeness (QED) is 0.111. The van der Waals surface area contributed by atoms with Gasteiger partial charge in [-0.05, 0) is 84.6 Å². The summed E-state index contributed by atoms with van der Waals surface area (Å²) in [7, 11) is 0. The van der Waals surface area contributed by atoms with E-state index in [-0.39, 0.29) is 11.5 Å². The fourth-order valence-electron chi connectivity index (χ4n) is 4.84. The molecule has 2 unspecified atom stereocenters. The molecule has 0 saturated heterocycles. The zero-order valence-electron chi connectivity index (χ0n) is 26.8. The minimum atomic E-state index is -4.57. The van der Waals surface area contributed by atoms with Gasteiger partial charge in [-0.25, -0.2) is 4.39 Å². The number of halogens is 4. The SMILES string of the molecule is C=C(/C=C(\Nc1cccc(CN)c1)C(C)=O)C(F)(F)F.C=C/C=C\C=C(/C(C)CC)C(N)(CCC1CC1)c1ccc(F)c(C)c1. The van der Waals surface area contributed by atoms with Crippen LogP contribution in [0.5, 0.6) is 0 Å². The maximum atomic E-state index is 13.8. The number of anilines is 1. The van der Waals surface area contributed by atoms with Gasteiger partial charge in [0.15, 0.2) is 5.78 Å². The lowest BCUT2D eigenvalue weighted by Crippen LogP contribution is -2.41. The topological polar surface area (TPSA) is 81.1 Å². The molecular weight excluding hydrogens is 578 g/mol. The lowest BCUT2D eigenvalue weighted by molar-refractivity contribution is -0.113. The third-order valence-electron chi connectivity index (χ3n) is 8.00. The van der Waals surface area contributed by atoms with E-state index in [1.165, 1.54) is 25.3 Å². The number of hydrogen-bond acceptors (Lipinski definition) is 4. The van der Waals surface area contributed by atoms with Gasteiger partial charge in [0.2, 0.25) is 0 Å². The van der Waals surface area contributed by atoms with Crippen LogP contribution >= 0.6 is 0 Å². The van der Waals surface area contributed by atoms with Crippen LogP contribution in [0.15, 0.2) is 103 Å². The minimum Gasteiger partial charge on any atom is -0.353 e. The maximum Gasteiger partial charge on any atom is 0.415 e. The smallest absolute Gasteiger partial charge is 0.353 e. The molecule has 2 aromatic rings. The van der Waals surface area contributed by atoms with E-state index in [9.17, 15) is 22.4 Å². The Morgan fingerprint density at radius 3 is 2.38 bits per heavy atom. The number of aryl methyl sites for hydroxylation is 1. The van der Waals surface area contributed by atoms with Crippen LogP contribution in [-0.4, -0.2) is 12.0 Å². The summed E-state index contributed by atoms with van der Waals surface area (Å²) in [6, 6.07) is 12.1. The molecule has 1 aliphatic carbocycles. The van der Waals surface area contributed by atoms with Gasteiger partial charge in [-0.2, -0.15) is 13.2 Å². The number of allylic oxidation sites excluding steroid dienone is 7. The van der Waals surface area contributed by atoms with Gasteiger partial charge in [0, 0.05) is 19.2 Å². The second-order valence-corrected chi connectivity index (χ2v) is 11.6. The molecule has 0 aliphatic heterocycles. The zero-order valence-corrected chi connectivity index (χ0v) is 26.8. The summed E-state index contributed by atoms with van der Waals surface area (Å²) in [5, 5.41) is 2.65. The molecule has 1 saturated carbocycles. The van der Waals surface area contributed by atoms with E-state index in [1.807, 2.05) is 31.2 Å². The molecule has 244 valence electrons. The van der Waals surface area contributed by atoms with Gasteiger partial charge in [-0.3, -0.25) is 4.79 Å². The first-order chi connectivity index (χ1) is 21.2. The Hall–Kier alpha value is -3.75. The van der Waals surface area contributed by atoms with Crippen LogP contribution in [0.1, 0.15) is 69.6 Å². The maximum absolute atomic E-state index is 13.8. The number of nitrogens with one attached hydrogen (secondary N) is 1. The normalized spacial score (nSPS) is 16.0. The van der Waals surface area contributed by atoms with E-state index in [0.717, 1.165) is 36.3 Å². The van der Waals surface area contributed by atoms with Gasteiger partial charge in [-0.1, -0.05) is 88.4 Å². The first-order valence-corrected chi connectivity index (χ1v) is 15.3. The first-order valence-electron chi connectivity index (χ1n) is 15.3. The largest absolute Gasteiger partial charge is 0.415 e. The Morgan fingerprint density at radius 1 is 1.16 bits per heavy atom. The van der Waals surface area contributed by atoms with Crippen molar-refractivity contribution in [2.45, 2.75) is 78.1 Å². The highest BCUT2D eigenvalue weighted by Gasteiger charge is 2.36. The Morgan fingerprint density at radius 2 is 1.84 bits per heavy atom. The number of Topliss-reactive ketones (excluding diaryl/α,β-unsaturated/α-hetero) is 1. The highest BCUT2D eigenvalue weighted by atomic mass is 19.4. The Bertz CT molecular complexity index is 1420. The summed E-state index contributed by atoms with van der Waals surface area (Å²) in [6.07, 6.45) is 9.68. The molecule has 0 spiro atoms. The molecular formula is C37H47F4N3O. The molecule has 0 radical (unpaired) electrons. The molecule has 4 nitrogen and oxygen atoms in total. The summed E-state index contributed by atoms with van der Waals surface area (Å²) in [5.74, 6) is 0.484. The number of benzene rings is 2. The predicted octanol–water partition coefficient (Wildman–Crippen LogP) is 9.34. The van der Waals surface area contributed by atoms with Gasteiger partial charge in [-0.15, -0.1) is 0 Å². The highest BCUT2D eigenvalue weighted by Crippen LogP contribution is 2.42. The summed E-state index contributed by atoms with van der Waals surface area (Å²) in [6.45, 7) is 14.3. The average Bonchev–Trinajstić information content (AvgIpc) is 3.83. The first kappa shape index (κ1) is 37.4. The second-order valence-electron chi connectivity index (χ2n) is 11.6. The van der Waals surface area contributed by atoms with Gasteiger partial charge < -0.3 is 16.8 Å². The van der Waals surface area contributed by atoms with Crippen molar-refractivity contribution >= 4 is 11.5 Å². The van der Waals surface area contributed by atoms with Crippen LogP contribution in [0.2, 0.25) is 0 Å². The fraction of sp³-hybridized carbons (Fsp3) is 0.378. The van der Waals surface area contributed by atoms with Crippen molar-refractivity contribution in [3.63, 3.8) is 0 Å². The molecule has 3 rings (SSSR count). The molecule has 2 atom stereocenters. The Balaban J connectivity index is 0.000000322. The Kier molecular flexibility index (Phi) is 14.2. The molecule has 5 N–H and O–H groups in total. The van der Waals surface area contributed by atoms with Crippen LogP contribution in [0.3, 0.4) is 0 Å². The van der Waals surface area contributed by atoms with Crippen molar-refractivity contribution in [1.82, 2.24) is 0 Å². The van der Waals surface area contributed by atoms with Crippen LogP contribution in [0.25, 0.3) is 0 Å². The summed E-state index contributed by atoms with van der Waals surface area (Å²) < 4.78 is 51.1. The molecule has 0 aromatic heterocycles. The number of nitrogens with two attached hydrogens (primary N) is 2. The number of hydrogen-bond donors (Lipinski definition) is 3. The molecule has 0 bridgehead atoms. The van der Waals surface area contributed by atoms with Crippen molar-refractivity contribution in [3.05, 3.63) is 125 Å². The molecule has 0 heterocycles. The van der Waals surface area contributed by atoms with Crippen LogP contribution in [0, 0.1) is 24.6 Å². The minimum absolute atomic E-state index is 0.172. The van der Waals surface area contributed by atoms with Crippen molar-refractivity contribution < 1.29 is 22.4 Å². The zero-order chi connectivity index (χ0) is 33.8. The molecule has 1 aliphatic rings. The number of ketones is 1. The average molecular weight is 626 g/mol.